The molecule has 15 heavy (non-hydrogen) atoms. The molecule has 0 unspecified atom stereocenters. The summed E-state index contributed by atoms with van der Waals surface area (Å²) in [5, 5.41) is 8.99. The highest BCUT2D eigenvalue weighted by Crippen LogP contribution is 2.35. The van der Waals surface area contributed by atoms with Crippen molar-refractivity contribution >= 4 is 0 Å². The van der Waals surface area contributed by atoms with Crippen LogP contribution in [0.4, 0.5) is 0 Å². The molecule has 0 atom stereocenters. The van der Waals surface area contributed by atoms with Gasteiger partial charge in [-0.05, 0) is 36.5 Å². The Morgan fingerprint density at radius 2 is 2.07 bits per heavy atom. The number of nitrogens with zero attached hydrogens (tertiary/aromatic N) is 1. The van der Waals surface area contributed by atoms with Crippen molar-refractivity contribution in [3.05, 3.63) is 29.3 Å². The Labute approximate surface area is 90.5 Å². The van der Waals surface area contributed by atoms with Crippen LogP contribution >= 0.6 is 0 Å². The van der Waals surface area contributed by atoms with E-state index in [-0.39, 0.29) is 0 Å². The zero-order valence-corrected chi connectivity index (χ0v) is 8.99. The molecule has 0 heterocycles. The fraction of sp³-hybridized carbons (Fsp3) is 0.462. The number of methoxy groups -OCH3 is 1. The first kappa shape index (κ1) is 10.0. The Balaban J connectivity index is 2.30. The number of benzene rings is 1. The van der Waals surface area contributed by atoms with Gasteiger partial charge in [0.1, 0.15) is 11.8 Å². The molecule has 0 aromatic heterocycles. The van der Waals surface area contributed by atoms with Crippen LogP contribution < -0.4 is 4.74 Å². The van der Waals surface area contributed by atoms with E-state index in [2.05, 4.69) is 12.1 Å². The molecular weight excluding hydrogens is 186 g/mol. The molecule has 0 saturated heterocycles. The second-order valence-corrected chi connectivity index (χ2v) is 4.05. The molecule has 0 bridgehead atoms. The summed E-state index contributed by atoms with van der Waals surface area (Å²) >= 11 is 0. The van der Waals surface area contributed by atoms with Gasteiger partial charge in [-0.25, -0.2) is 0 Å². The lowest BCUT2D eigenvalue weighted by Gasteiger charge is -2.11. The van der Waals surface area contributed by atoms with E-state index in [1.807, 2.05) is 12.1 Å². The van der Waals surface area contributed by atoms with E-state index in [1.165, 1.54) is 31.2 Å². The van der Waals surface area contributed by atoms with Crippen LogP contribution in [0, 0.1) is 11.3 Å². The number of hydrogen-bond donors (Lipinski definition) is 0. The van der Waals surface area contributed by atoms with E-state index in [9.17, 15) is 0 Å². The molecular formula is C13H15NO. The van der Waals surface area contributed by atoms with Crippen molar-refractivity contribution in [2.45, 2.75) is 31.6 Å². The maximum Gasteiger partial charge on any atom is 0.136 e. The van der Waals surface area contributed by atoms with Gasteiger partial charge in [0.2, 0.25) is 0 Å². The average Bonchev–Trinajstić information content (AvgIpc) is 2.81. The molecule has 0 N–H and O–H groups in total. The SMILES string of the molecule is COc1ccc(C2CCCC2)cc1C#N. The number of ether oxygens (including phenoxy) is 1. The first-order valence-corrected chi connectivity index (χ1v) is 5.43. The highest BCUT2D eigenvalue weighted by atomic mass is 16.5. The minimum atomic E-state index is 0.655. The van der Waals surface area contributed by atoms with Crippen LogP contribution in [0.25, 0.3) is 0 Å². The van der Waals surface area contributed by atoms with Crippen molar-refractivity contribution in [3.8, 4) is 11.8 Å². The minimum absolute atomic E-state index is 0.655. The van der Waals surface area contributed by atoms with Crippen molar-refractivity contribution < 1.29 is 4.74 Å². The molecule has 1 aliphatic rings. The van der Waals surface area contributed by atoms with Crippen molar-refractivity contribution in [3.63, 3.8) is 0 Å². The van der Waals surface area contributed by atoms with E-state index in [0.29, 0.717) is 17.2 Å². The Morgan fingerprint density at radius 3 is 2.67 bits per heavy atom. The van der Waals surface area contributed by atoms with Gasteiger partial charge in [0.05, 0.1) is 12.7 Å². The Morgan fingerprint density at radius 1 is 1.33 bits per heavy atom. The number of nitriles is 1. The summed E-state index contributed by atoms with van der Waals surface area (Å²) in [6, 6.07) is 8.17. The summed E-state index contributed by atoms with van der Waals surface area (Å²) in [7, 11) is 1.60. The second kappa shape index (κ2) is 4.35. The van der Waals surface area contributed by atoms with Gasteiger partial charge in [-0.2, -0.15) is 5.26 Å². The number of hydrogen-bond acceptors (Lipinski definition) is 2. The summed E-state index contributed by atoms with van der Waals surface area (Å²) in [6.45, 7) is 0. The van der Waals surface area contributed by atoms with Gasteiger partial charge in [0, 0.05) is 0 Å². The summed E-state index contributed by atoms with van der Waals surface area (Å²) in [6.07, 6.45) is 5.16. The first-order valence-electron chi connectivity index (χ1n) is 5.43. The van der Waals surface area contributed by atoms with Crippen LogP contribution in [0.5, 0.6) is 5.75 Å². The monoisotopic (exact) mass is 201 g/mol. The van der Waals surface area contributed by atoms with E-state index >= 15 is 0 Å². The first-order chi connectivity index (χ1) is 7.35. The van der Waals surface area contributed by atoms with Crippen molar-refractivity contribution in [2.24, 2.45) is 0 Å². The van der Waals surface area contributed by atoms with Gasteiger partial charge >= 0.3 is 0 Å². The number of rotatable bonds is 2. The lowest BCUT2D eigenvalue weighted by atomic mass is 9.96. The Hall–Kier alpha value is -1.49. The van der Waals surface area contributed by atoms with Gasteiger partial charge in [-0.1, -0.05) is 18.9 Å². The zero-order chi connectivity index (χ0) is 10.7. The van der Waals surface area contributed by atoms with Crippen molar-refractivity contribution in [2.75, 3.05) is 7.11 Å². The van der Waals surface area contributed by atoms with Crippen LogP contribution in [-0.2, 0) is 0 Å². The van der Waals surface area contributed by atoms with E-state index in [0.717, 1.165) is 0 Å². The molecule has 2 heteroatoms. The Bertz CT molecular complexity index is 386. The predicted octanol–water partition coefficient (Wildman–Crippen LogP) is 3.22. The molecule has 2 rings (SSSR count). The average molecular weight is 201 g/mol. The molecule has 0 spiro atoms. The third-order valence-electron chi connectivity index (χ3n) is 3.17. The molecule has 0 radical (unpaired) electrons. The summed E-state index contributed by atoms with van der Waals surface area (Å²) in [5.41, 5.74) is 1.95. The molecule has 1 aromatic carbocycles. The molecule has 1 fully saturated rings. The molecule has 0 amide bonds. The predicted molar refractivity (Wildman–Crippen MR) is 58.9 cm³/mol. The maximum atomic E-state index is 8.99. The summed E-state index contributed by atoms with van der Waals surface area (Å²) < 4.78 is 5.13. The molecule has 1 aromatic rings. The summed E-state index contributed by atoms with van der Waals surface area (Å²) in [4.78, 5) is 0. The van der Waals surface area contributed by atoms with Crippen LogP contribution in [-0.4, -0.2) is 7.11 Å². The van der Waals surface area contributed by atoms with Crippen LogP contribution in [0.3, 0.4) is 0 Å². The van der Waals surface area contributed by atoms with E-state index < -0.39 is 0 Å². The molecule has 0 aliphatic heterocycles. The molecule has 78 valence electrons. The highest BCUT2D eigenvalue weighted by molar-refractivity contribution is 5.46. The minimum Gasteiger partial charge on any atom is -0.495 e. The quantitative estimate of drug-likeness (QED) is 0.736. The van der Waals surface area contributed by atoms with Crippen molar-refractivity contribution in [1.29, 1.82) is 5.26 Å². The second-order valence-electron chi connectivity index (χ2n) is 4.05. The maximum absolute atomic E-state index is 8.99. The summed E-state index contributed by atoms with van der Waals surface area (Å²) in [5.74, 6) is 1.34. The van der Waals surface area contributed by atoms with Gasteiger partial charge in [0.25, 0.3) is 0 Å². The van der Waals surface area contributed by atoms with E-state index in [4.69, 9.17) is 10.00 Å². The molecule has 1 aliphatic carbocycles. The molecule has 1 saturated carbocycles. The third kappa shape index (κ3) is 1.97. The van der Waals surface area contributed by atoms with Gasteiger partial charge < -0.3 is 4.74 Å². The smallest absolute Gasteiger partial charge is 0.136 e. The van der Waals surface area contributed by atoms with Gasteiger partial charge in [-0.3, -0.25) is 0 Å². The van der Waals surface area contributed by atoms with Gasteiger partial charge in [-0.15, -0.1) is 0 Å². The van der Waals surface area contributed by atoms with Crippen LogP contribution in [0.2, 0.25) is 0 Å². The largest absolute Gasteiger partial charge is 0.495 e. The molecule has 2 nitrogen and oxygen atoms in total. The third-order valence-corrected chi connectivity index (χ3v) is 3.17. The standard InChI is InChI=1S/C13H15NO/c1-15-13-7-6-11(8-12(13)9-14)10-4-2-3-5-10/h6-8,10H,2-5H2,1H3. The van der Waals surface area contributed by atoms with Gasteiger partial charge in [0.15, 0.2) is 0 Å². The van der Waals surface area contributed by atoms with Crippen LogP contribution in [0.1, 0.15) is 42.7 Å². The van der Waals surface area contributed by atoms with Crippen LogP contribution in [0.15, 0.2) is 18.2 Å². The fourth-order valence-electron chi connectivity index (χ4n) is 2.33. The highest BCUT2D eigenvalue weighted by Gasteiger charge is 2.18. The fourth-order valence-corrected chi connectivity index (χ4v) is 2.33. The van der Waals surface area contributed by atoms with Crippen molar-refractivity contribution in [1.82, 2.24) is 0 Å². The zero-order valence-electron chi connectivity index (χ0n) is 8.99. The van der Waals surface area contributed by atoms with E-state index in [1.54, 1.807) is 7.11 Å². The lowest BCUT2D eigenvalue weighted by molar-refractivity contribution is 0.413. The lowest BCUT2D eigenvalue weighted by Crippen LogP contribution is -1.95. The topological polar surface area (TPSA) is 33.0 Å². The normalized spacial score (nSPS) is 16.3. The Kier molecular flexibility index (Phi) is 2.91.